The lowest BCUT2D eigenvalue weighted by molar-refractivity contribution is 0.143. The Labute approximate surface area is 199 Å². The third kappa shape index (κ3) is 5.92. The van der Waals surface area contributed by atoms with Crippen molar-refractivity contribution in [3.8, 4) is 0 Å². The molecule has 0 aromatic heterocycles. The lowest BCUT2D eigenvalue weighted by atomic mass is 10.0. The zero-order valence-corrected chi connectivity index (χ0v) is 20.0. The first kappa shape index (κ1) is 24.1. The first-order valence-corrected chi connectivity index (χ1v) is 13.2. The van der Waals surface area contributed by atoms with E-state index in [-0.39, 0.29) is 19.2 Å². The van der Waals surface area contributed by atoms with Crippen LogP contribution in [-0.2, 0) is 14.9 Å². The molecule has 2 aliphatic heterocycles. The van der Waals surface area contributed by atoms with Crippen LogP contribution in [0, 0.1) is 11.7 Å². The number of hydrogen-bond donors (Lipinski definition) is 2. The van der Waals surface area contributed by atoms with Crippen molar-refractivity contribution in [1.82, 2.24) is 9.62 Å². The van der Waals surface area contributed by atoms with Crippen LogP contribution in [0.15, 0.2) is 18.2 Å². The first-order chi connectivity index (χ1) is 15.7. The minimum Gasteiger partial charge on any atom is -0.442 e. The molecule has 9 nitrogen and oxygen atoms in total. The second kappa shape index (κ2) is 10.1. The molecule has 0 bridgehead atoms. The Morgan fingerprint density at radius 1 is 1.21 bits per heavy atom. The summed E-state index contributed by atoms with van der Waals surface area (Å²) in [5, 5.41) is 8.37. The van der Waals surface area contributed by atoms with Crippen molar-refractivity contribution in [2.24, 2.45) is 11.1 Å². The van der Waals surface area contributed by atoms with E-state index in [2.05, 4.69) is 5.32 Å². The van der Waals surface area contributed by atoms with Gasteiger partial charge in [-0.05, 0) is 24.1 Å². The number of rotatable bonds is 7. The number of thiocarbonyl (C=S) groups is 1. The molecule has 3 fully saturated rings. The number of anilines is 2. The highest BCUT2D eigenvalue weighted by Crippen LogP contribution is 2.29. The molecule has 3 N–H and O–H groups in total. The molecule has 4 rings (SSSR count). The van der Waals surface area contributed by atoms with Crippen molar-refractivity contribution >= 4 is 44.9 Å². The van der Waals surface area contributed by atoms with Crippen molar-refractivity contribution in [3.05, 3.63) is 24.0 Å². The highest BCUT2D eigenvalue weighted by Gasteiger charge is 2.33. The predicted molar refractivity (Wildman–Crippen MR) is 128 cm³/mol. The summed E-state index contributed by atoms with van der Waals surface area (Å²) in [5.41, 5.74) is 0.774. The Balaban J connectivity index is 1.31. The van der Waals surface area contributed by atoms with Crippen molar-refractivity contribution in [1.29, 1.82) is 0 Å². The van der Waals surface area contributed by atoms with E-state index in [1.807, 2.05) is 0 Å². The van der Waals surface area contributed by atoms with Crippen LogP contribution in [0.5, 0.6) is 0 Å². The van der Waals surface area contributed by atoms with Gasteiger partial charge >= 0.3 is 6.09 Å². The number of ether oxygens (including phenoxy) is 1. The summed E-state index contributed by atoms with van der Waals surface area (Å²) in [6.45, 7) is 1.78. The summed E-state index contributed by atoms with van der Waals surface area (Å²) < 4.78 is 44.4. The van der Waals surface area contributed by atoms with E-state index in [1.54, 1.807) is 17.0 Å². The molecule has 1 saturated carbocycles. The summed E-state index contributed by atoms with van der Waals surface area (Å²) in [7, 11) is -3.75. The molecule has 0 unspecified atom stereocenters. The van der Waals surface area contributed by atoms with Crippen molar-refractivity contribution in [2.75, 3.05) is 49.1 Å². The Bertz CT molecular complexity index is 994. The molecule has 182 valence electrons. The molecule has 1 aromatic carbocycles. The molecule has 2 heterocycles. The maximum Gasteiger partial charge on any atom is 0.414 e. The minimum absolute atomic E-state index is 0.190. The highest BCUT2D eigenvalue weighted by atomic mass is 32.2. The van der Waals surface area contributed by atoms with Crippen LogP contribution >= 0.6 is 12.2 Å². The SMILES string of the molecule is NS(=O)(=O)N1CCN(c2ccc(N3C[C@H](CNC(=S)CC4CCCC4)OC3=O)cc2F)CC1. The van der Waals surface area contributed by atoms with E-state index >= 15 is 0 Å². The van der Waals surface area contributed by atoms with Crippen LogP contribution in [-0.4, -0.2) is 69.2 Å². The predicted octanol–water partition coefficient (Wildman–Crippen LogP) is 1.97. The maximum atomic E-state index is 14.9. The number of piperazine rings is 1. The number of carbonyl (C=O) groups excluding carboxylic acids is 1. The number of nitrogens with zero attached hydrogens (tertiary/aromatic N) is 3. The standard InChI is InChI=1S/C21H30FN5O4S2/c22-18-12-16(5-6-19(18)25-7-9-26(10-8-25)33(23,29)30)27-14-17(31-21(27)28)13-24-20(32)11-15-3-1-2-4-15/h5-6,12,15,17H,1-4,7-11,13-14H2,(H,24,32)(H2,23,29,30)/t17-/m0/s1. The number of hydrogen-bond acceptors (Lipinski definition) is 6. The normalized spacial score (nSPS) is 22.6. The molecule has 0 radical (unpaired) electrons. The van der Waals surface area contributed by atoms with Gasteiger partial charge in [0.25, 0.3) is 10.2 Å². The Kier molecular flexibility index (Phi) is 7.37. The fraction of sp³-hybridized carbons (Fsp3) is 0.619. The molecule has 3 aliphatic rings. The van der Waals surface area contributed by atoms with Gasteiger partial charge in [-0.3, -0.25) is 4.90 Å². The van der Waals surface area contributed by atoms with E-state index < -0.39 is 22.1 Å². The van der Waals surface area contributed by atoms with E-state index in [0.717, 1.165) is 11.4 Å². The van der Waals surface area contributed by atoms with Gasteiger partial charge in [0.2, 0.25) is 0 Å². The van der Waals surface area contributed by atoms with Gasteiger partial charge in [0.15, 0.2) is 0 Å². The number of halogens is 1. The largest absolute Gasteiger partial charge is 0.442 e. The monoisotopic (exact) mass is 499 g/mol. The summed E-state index contributed by atoms with van der Waals surface area (Å²) in [5.74, 6) is 0.167. The van der Waals surface area contributed by atoms with Gasteiger partial charge in [0.05, 0.1) is 29.5 Å². The molecule has 1 aromatic rings. The van der Waals surface area contributed by atoms with Gasteiger partial charge in [-0.2, -0.15) is 12.7 Å². The van der Waals surface area contributed by atoms with Gasteiger partial charge < -0.3 is 15.0 Å². The molecule has 1 atom stereocenters. The van der Waals surface area contributed by atoms with Crippen LogP contribution in [0.3, 0.4) is 0 Å². The van der Waals surface area contributed by atoms with E-state index in [4.69, 9.17) is 22.1 Å². The number of cyclic esters (lactones) is 1. The first-order valence-electron chi connectivity index (χ1n) is 11.3. The average Bonchev–Trinajstić information content (AvgIpc) is 3.41. The summed E-state index contributed by atoms with van der Waals surface area (Å²) >= 11 is 5.44. The van der Waals surface area contributed by atoms with E-state index in [0.29, 0.717) is 43.5 Å². The van der Waals surface area contributed by atoms with Crippen molar-refractivity contribution in [2.45, 2.75) is 38.2 Å². The number of amides is 1. The maximum absolute atomic E-state index is 14.9. The van der Waals surface area contributed by atoms with Gasteiger partial charge in [-0.25, -0.2) is 14.3 Å². The minimum atomic E-state index is -3.75. The number of nitrogens with one attached hydrogen (secondary N) is 1. The summed E-state index contributed by atoms with van der Waals surface area (Å²) in [6, 6.07) is 4.59. The Morgan fingerprint density at radius 3 is 2.55 bits per heavy atom. The van der Waals surface area contributed by atoms with Gasteiger partial charge in [-0.15, -0.1) is 0 Å². The Hall–Kier alpha value is -2.02. The topological polar surface area (TPSA) is 108 Å². The summed E-state index contributed by atoms with van der Waals surface area (Å²) in [6.07, 6.45) is 4.96. The van der Waals surface area contributed by atoms with Crippen molar-refractivity contribution < 1.29 is 22.3 Å². The number of benzene rings is 1. The second-order valence-electron chi connectivity index (χ2n) is 8.84. The third-order valence-electron chi connectivity index (χ3n) is 6.53. The van der Waals surface area contributed by atoms with Gasteiger partial charge in [0, 0.05) is 32.6 Å². The van der Waals surface area contributed by atoms with Gasteiger partial charge in [0.1, 0.15) is 11.9 Å². The molecule has 1 aliphatic carbocycles. The fourth-order valence-electron chi connectivity index (χ4n) is 4.72. The number of nitrogens with two attached hydrogens (primary N) is 1. The molecule has 33 heavy (non-hydrogen) atoms. The van der Waals surface area contributed by atoms with Gasteiger partial charge in [-0.1, -0.05) is 37.9 Å². The zero-order valence-electron chi connectivity index (χ0n) is 18.4. The Morgan fingerprint density at radius 2 is 1.91 bits per heavy atom. The summed E-state index contributed by atoms with van der Waals surface area (Å²) in [4.78, 5) is 16.4. The van der Waals surface area contributed by atoms with Crippen LogP contribution in [0.25, 0.3) is 0 Å². The molecule has 2 saturated heterocycles. The molecule has 12 heteroatoms. The highest BCUT2D eigenvalue weighted by molar-refractivity contribution is 7.86. The fourth-order valence-corrected chi connectivity index (χ4v) is 5.71. The van der Waals surface area contributed by atoms with Crippen LogP contribution in [0.1, 0.15) is 32.1 Å². The van der Waals surface area contributed by atoms with Crippen molar-refractivity contribution in [3.63, 3.8) is 0 Å². The van der Waals surface area contributed by atoms with Crippen LogP contribution in [0.4, 0.5) is 20.6 Å². The molecule has 0 spiro atoms. The van der Waals surface area contributed by atoms with Crippen LogP contribution in [0.2, 0.25) is 0 Å². The smallest absolute Gasteiger partial charge is 0.414 e. The van der Waals surface area contributed by atoms with Crippen LogP contribution < -0.4 is 20.3 Å². The van der Waals surface area contributed by atoms with E-state index in [1.165, 1.54) is 41.0 Å². The molecular weight excluding hydrogens is 469 g/mol. The average molecular weight is 500 g/mol. The van der Waals surface area contributed by atoms with E-state index in [9.17, 15) is 17.6 Å². The number of carbonyl (C=O) groups is 1. The second-order valence-corrected chi connectivity index (χ2v) is 10.9. The zero-order chi connectivity index (χ0) is 23.6. The molecular formula is C21H30FN5O4S2. The lowest BCUT2D eigenvalue weighted by Crippen LogP contribution is -2.50. The quantitative estimate of drug-likeness (QED) is 0.552. The molecule has 1 amide bonds. The lowest BCUT2D eigenvalue weighted by Gasteiger charge is -2.34. The third-order valence-corrected chi connectivity index (χ3v) is 7.93.